The second-order valence-electron chi connectivity index (χ2n) is 5.58. The van der Waals surface area contributed by atoms with Gasteiger partial charge in [0.25, 0.3) is 5.91 Å². The van der Waals surface area contributed by atoms with Gasteiger partial charge in [-0.3, -0.25) is 4.79 Å². The lowest BCUT2D eigenvalue weighted by Crippen LogP contribution is -2.41. The molecule has 2 heterocycles. The summed E-state index contributed by atoms with van der Waals surface area (Å²) in [7, 11) is 0. The number of halogens is 3. The standard InChI is InChI=1S/C18H14F3NO4/c19-18(20,21)14-5-2-1-4-13(14)16(23)22-11-17(24,12-7-9-25-10-12)15-6-3-8-26-15/h1-10,24H,11H2,(H,22,23)/t17-/m1/s1. The van der Waals surface area contributed by atoms with Gasteiger partial charge >= 0.3 is 6.18 Å². The van der Waals surface area contributed by atoms with Crippen molar-refractivity contribution in [3.63, 3.8) is 0 Å². The molecule has 0 aliphatic heterocycles. The summed E-state index contributed by atoms with van der Waals surface area (Å²) < 4.78 is 49.4. The fourth-order valence-electron chi connectivity index (χ4n) is 2.58. The van der Waals surface area contributed by atoms with Gasteiger partial charge in [0.05, 0.1) is 36.5 Å². The Kier molecular flexibility index (Phi) is 4.60. The molecule has 0 aliphatic carbocycles. The van der Waals surface area contributed by atoms with E-state index in [1.165, 1.54) is 43.1 Å². The van der Waals surface area contributed by atoms with Crippen LogP contribution < -0.4 is 5.32 Å². The van der Waals surface area contributed by atoms with Gasteiger partial charge in [-0.1, -0.05) is 12.1 Å². The number of benzene rings is 1. The first-order chi connectivity index (χ1) is 12.3. The zero-order chi connectivity index (χ0) is 18.8. The average molecular weight is 365 g/mol. The van der Waals surface area contributed by atoms with E-state index in [9.17, 15) is 23.1 Å². The van der Waals surface area contributed by atoms with Crippen molar-refractivity contribution in [2.24, 2.45) is 0 Å². The number of rotatable bonds is 5. The average Bonchev–Trinajstić information content (AvgIpc) is 3.32. The molecule has 0 saturated carbocycles. The zero-order valence-electron chi connectivity index (χ0n) is 13.3. The number of aliphatic hydroxyl groups is 1. The minimum absolute atomic E-state index is 0.114. The summed E-state index contributed by atoms with van der Waals surface area (Å²) in [5.41, 5.74) is -3.09. The molecular formula is C18H14F3NO4. The van der Waals surface area contributed by atoms with Crippen LogP contribution in [0.1, 0.15) is 27.2 Å². The monoisotopic (exact) mass is 365 g/mol. The first-order valence-electron chi connectivity index (χ1n) is 7.56. The summed E-state index contributed by atoms with van der Waals surface area (Å²) in [6.45, 7) is -0.412. The van der Waals surface area contributed by atoms with E-state index >= 15 is 0 Å². The van der Waals surface area contributed by atoms with Crippen LogP contribution in [-0.2, 0) is 11.8 Å². The fourth-order valence-corrected chi connectivity index (χ4v) is 2.58. The van der Waals surface area contributed by atoms with Gasteiger partial charge in [0, 0.05) is 5.56 Å². The topological polar surface area (TPSA) is 75.6 Å². The maximum absolute atomic E-state index is 13.1. The van der Waals surface area contributed by atoms with Crippen LogP contribution in [-0.4, -0.2) is 17.6 Å². The summed E-state index contributed by atoms with van der Waals surface area (Å²) >= 11 is 0. The zero-order valence-corrected chi connectivity index (χ0v) is 13.3. The molecule has 0 bridgehead atoms. The van der Waals surface area contributed by atoms with Crippen LogP contribution >= 0.6 is 0 Å². The third-order valence-corrected chi connectivity index (χ3v) is 3.91. The Hall–Kier alpha value is -3.00. The molecule has 3 aromatic rings. The highest BCUT2D eigenvalue weighted by molar-refractivity contribution is 5.96. The molecule has 2 aromatic heterocycles. The van der Waals surface area contributed by atoms with Gasteiger partial charge in [-0.05, 0) is 30.3 Å². The Labute approximate surface area is 146 Å². The van der Waals surface area contributed by atoms with Crippen molar-refractivity contribution in [1.29, 1.82) is 0 Å². The van der Waals surface area contributed by atoms with Crippen LogP contribution in [0.3, 0.4) is 0 Å². The largest absolute Gasteiger partial charge is 0.472 e. The van der Waals surface area contributed by atoms with Gasteiger partial charge in [-0.25, -0.2) is 0 Å². The molecule has 0 radical (unpaired) electrons. The first-order valence-corrected chi connectivity index (χ1v) is 7.56. The highest BCUT2D eigenvalue weighted by Gasteiger charge is 2.38. The number of nitrogens with one attached hydrogen (secondary N) is 1. The normalized spacial score (nSPS) is 14.0. The predicted molar refractivity (Wildman–Crippen MR) is 84.2 cm³/mol. The molecule has 1 atom stereocenters. The number of carbonyl (C=O) groups excluding carboxylic acids is 1. The van der Waals surface area contributed by atoms with Crippen molar-refractivity contribution >= 4 is 5.91 Å². The van der Waals surface area contributed by atoms with Gasteiger partial charge in [-0.15, -0.1) is 0 Å². The van der Waals surface area contributed by atoms with Gasteiger partial charge in [0.15, 0.2) is 5.60 Å². The lowest BCUT2D eigenvalue weighted by atomic mass is 9.93. The minimum Gasteiger partial charge on any atom is -0.472 e. The lowest BCUT2D eigenvalue weighted by Gasteiger charge is -2.25. The molecule has 0 saturated heterocycles. The highest BCUT2D eigenvalue weighted by atomic mass is 19.4. The molecule has 0 fully saturated rings. The van der Waals surface area contributed by atoms with E-state index in [1.54, 1.807) is 6.07 Å². The molecule has 0 unspecified atom stereocenters. The molecule has 2 N–H and O–H groups in total. The van der Waals surface area contributed by atoms with Crippen LogP contribution in [0.2, 0.25) is 0 Å². The molecule has 136 valence electrons. The van der Waals surface area contributed by atoms with Crippen LogP contribution in [0.15, 0.2) is 70.1 Å². The van der Waals surface area contributed by atoms with Crippen LogP contribution in [0.4, 0.5) is 13.2 Å². The van der Waals surface area contributed by atoms with Crippen molar-refractivity contribution in [2.75, 3.05) is 6.54 Å². The number of alkyl halides is 3. The number of hydrogen-bond acceptors (Lipinski definition) is 4. The molecule has 26 heavy (non-hydrogen) atoms. The Morgan fingerprint density at radius 3 is 2.46 bits per heavy atom. The Balaban J connectivity index is 1.86. The van der Waals surface area contributed by atoms with Crippen LogP contribution in [0, 0.1) is 0 Å². The van der Waals surface area contributed by atoms with E-state index in [0.29, 0.717) is 0 Å². The van der Waals surface area contributed by atoms with E-state index < -0.39 is 35.4 Å². The second-order valence-corrected chi connectivity index (χ2v) is 5.58. The van der Waals surface area contributed by atoms with Gasteiger partial charge in [-0.2, -0.15) is 13.2 Å². The smallest absolute Gasteiger partial charge is 0.417 e. The van der Waals surface area contributed by atoms with E-state index in [1.807, 2.05) is 0 Å². The Bertz CT molecular complexity index is 836. The van der Waals surface area contributed by atoms with Crippen LogP contribution in [0.25, 0.3) is 0 Å². The predicted octanol–water partition coefficient (Wildman–Crippen LogP) is 3.56. The van der Waals surface area contributed by atoms with Crippen molar-refractivity contribution in [2.45, 2.75) is 11.8 Å². The summed E-state index contributed by atoms with van der Waals surface area (Å²) in [6, 6.07) is 8.93. The van der Waals surface area contributed by atoms with Gasteiger partial charge < -0.3 is 19.3 Å². The van der Waals surface area contributed by atoms with Crippen LogP contribution in [0.5, 0.6) is 0 Å². The minimum atomic E-state index is -4.67. The van der Waals surface area contributed by atoms with Crippen molar-refractivity contribution in [3.05, 3.63) is 83.7 Å². The van der Waals surface area contributed by atoms with Crippen molar-refractivity contribution < 1.29 is 31.9 Å². The molecule has 1 aromatic carbocycles. The summed E-state index contributed by atoms with van der Waals surface area (Å²) in [4.78, 5) is 12.3. The van der Waals surface area contributed by atoms with Crippen molar-refractivity contribution in [1.82, 2.24) is 5.32 Å². The van der Waals surface area contributed by atoms with E-state index in [0.717, 1.165) is 12.1 Å². The number of amides is 1. The first kappa shape index (κ1) is 17.8. The lowest BCUT2D eigenvalue weighted by molar-refractivity contribution is -0.137. The molecule has 3 rings (SSSR count). The second kappa shape index (κ2) is 6.72. The number of hydrogen-bond donors (Lipinski definition) is 2. The summed E-state index contributed by atoms with van der Waals surface area (Å²) in [6.07, 6.45) is -0.751. The summed E-state index contributed by atoms with van der Waals surface area (Å²) in [5.74, 6) is -0.852. The third-order valence-electron chi connectivity index (χ3n) is 3.91. The van der Waals surface area contributed by atoms with Gasteiger partial charge in [0.2, 0.25) is 0 Å². The number of furan rings is 2. The van der Waals surface area contributed by atoms with Gasteiger partial charge in [0.1, 0.15) is 5.76 Å². The molecule has 5 nitrogen and oxygen atoms in total. The van der Waals surface area contributed by atoms with E-state index in [2.05, 4.69) is 5.32 Å². The SMILES string of the molecule is O=C(NC[C@@](O)(c1ccoc1)c1ccco1)c1ccccc1C(F)(F)F. The number of carbonyl (C=O) groups is 1. The molecule has 8 heteroatoms. The fraction of sp³-hybridized carbons (Fsp3) is 0.167. The molecular weight excluding hydrogens is 351 g/mol. The molecule has 0 spiro atoms. The van der Waals surface area contributed by atoms with Crippen molar-refractivity contribution in [3.8, 4) is 0 Å². The molecule has 1 amide bonds. The highest BCUT2D eigenvalue weighted by Crippen LogP contribution is 2.33. The molecule has 0 aliphatic rings. The van der Waals surface area contributed by atoms with E-state index in [4.69, 9.17) is 8.83 Å². The third kappa shape index (κ3) is 3.36. The summed E-state index contributed by atoms with van der Waals surface area (Å²) in [5, 5.41) is 13.3. The Morgan fingerprint density at radius 1 is 1.08 bits per heavy atom. The maximum Gasteiger partial charge on any atom is 0.417 e. The Morgan fingerprint density at radius 2 is 1.85 bits per heavy atom. The quantitative estimate of drug-likeness (QED) is 0.725. The maximum atomic E-state index is 13.1. The van der Waals surface area contributed by atoms with E-state index in [-0.39, 0.29) is 11.3 Å².